The van der Waals surface area contributed by atoms with Gasteiger partial charge in [0.15, 0.2) is 5.78 Å². The smallest absolute Gasteiger partial charge is 0.265 e. The summed E-state index contributed by atoms with van der Waals surface area (Å²) in [4.78, 5) is 53.6. The Balaban J connectivity index is 1.89. The number of tetrazole rings is 1. The van der Waals surface area contributed by atoms with Gasteiger partial charge < -0.3 is 20.9 Å². The first kappa shape index (κ1) is 29.4. The van der Waals surface area contributed by atoms with Crippen LogP contribution in [0.25, 0.3) is 0 Å². The molecule has 12 heteroatoms. The highest BCUT2D eigenvalue weighted by atomic mass is 16.2. The summed E-state index contributed by atoms with van der Waals surface area (Å²) in [7, 11) is 3.52. The largest absolute Gasteiger partial charge is 0.344 e. The number of hydrogen-bond acceptors (Lipinski definition) is 8. The molecular weight excluding hydrogens is 476 g/mol. The summed E-state index contributed by atoms with van der Waals surface area (Å²) in [6.45, 7) is 6.79. The molecule has 0 fully saturated rings. The van der Waals surface area contributed by atoms with Crippen LogP contribution in [-0.2, 0) is 32.1 Å². The fourth-order valence-corrected chi connectivity index (χ4v) is 3.49. The van der Waals surface area contributed by atoms with E-state index in [2.05, 4.69) is 31.4 Å². The highest BCUT2D eigenvalue weighted by Gasteiger charge is 2.28. The zero-order valence-corrected chi connectivity index (χ0v) is 22.4. The summed E-state index contributed by atoms with van der Waals surface area (Å²) in [5.74, 6) is -1.33. The summed E-state index contributed by atoms with van der Waals surface area (Å²) in [6, 6.07) is 7.12. The van der Waals surface area contributed by atoms with Gasteiger partial charge in [-0.05, 0) is 36.5 Å². The number of aryl methyl sites for hydroxylation is 1. The lowest BCUT2D eigenvalue weighted by molar-refractivity contribution is -0.133. The van der Waals surface area contributed by atoms with Gasteiger partial charge in [-0.1, -0.05) is 56.2 Å². The Morgan fingerprint density at radius 3 is 2.22 bits per heavy atom. The van der Waals surface area contributed by atoms with E-state index in [0.717, 1.165) is 5.56 Å². The molecule has 0 radical (unpaired) electrons. The van der Waals surface area contributed by atoms with Crippen molar-refractivity contribution in [3.05, 3.63) is 35.9 Å². The molecule has 1 heterocycles. The lowest BCUT2D eigenvalue weighted by Crippen LogP contribution is -2.56. The minimum Gasteiger partial charge on any atom is -0.344 e. The number of aromatic nitrogens is 4. The standard InChI is InChI=1S/C25H38N8O4/c1-7-19(20(34)15-33-30-25(29-31-33)32(5)6)27-23(36)17(4)26-24(37)22(16(2)3)28-21(35)14-13-18-11-9-8-10-12-18/h8-12,16-17,19,22H,7,13-15H2,1-6H3,(H,26,37)(H,27,36)(H,28,35)/t17-,19?,22-/m0/s1. The molecule has 0 saturated heterocycles. The van der Waals surface area contributed by atoms with Crippen molar-refractivity contribution in [2.45, 2.75) is 71.6 Å². The molecule has 0 aliphatic rings. The van der Waals surface area contributed by atoms with Crippen LogP contribution in [0.2, 0.25) is 0 Å². The first-order valence-corrected chi connectivity index (χ1v) is 12.4. The molecule has 2 aromatic rings. The van der Waals surface area contributed by atoms with Gasteiger partial charge in [0.25, 0.3) is 5.95 Å². The first-order chi connectivity index (χ1) is 17.5. The zero-order chi connectivity index (χ0) is 27.5. The highest BCUT2D eigenvalue weighted by molar-refractivity contribution is 5.94. The van der Waals surface area contributed by atoms with E-state index in [1.807, 2.05) is 44.2 Å². The molecule has 0 aliphatic heterocycles. The molecule has 2 rings (SSSR count). The third kappa shape index (κ3) is 9.28. The van der Waals surface area contributed by atoms with Crippen LogP contribution in [0.3, 0.4) is 0 Å². The average Bonchev–Trinajstić information content (AvgIpc) is 3.33. The lowest BCUT2D eigenvalue weighted by Gasteiger charge is -2.25. The minimum atomic E-state index is -0.915. The van der Waals surface area contributed by atoms with Crippen LogP contribution in [0.1, 0.15) is 46.1 Å². The number of carbonyl (C=O) groups is 4. The summed E-state index contributed by atoms with van der Waals surface area (Å²) < 4.78 is 0. The van der Waals surface area contributed by atoms with Gasteiger partial charge in [0.2, 0.25) is 17.7 Å². The van der Waals surface area contributed by atoms with E-state index in [-0.39, 0.29) is 30.6 Å². The van der Waals surface area contributed by atoms with Gasteiger partial charge in [0.05, 0.1) is 6.04 Å². The SMILES string of the molecule is CCC(NC(=O)[C@H](C)NC(=O)[C@@H](NC(=O)CCc1ccccc1)C(C)C)C(=O)Cn1nnc(N(C)C)n1. The van der Waals surface area contributed by atoms with Crippen LogP contribution < -0.4 is 20.9 Å². The van der Waals surface area contributed by atoms with E-state index in [0.29, 0.717) is 18.8 Å². The molecule has 1 aromatic carbocycles. The van der Waals surface area contributed by atoms with Gasteiger partial charge in [-0.2, -0.15) is 4.80 Å². The number of hydrogen-bond donors (Lipinski definition) is 3. The zero-order valence-electron chi connectivity index (χ0n) is 22.4. The number of anilines is 1. The average molecular weight is 515 g/mol. The molecule has 3 atom stereocenters. The maximum atomic E-state index is 12.9. The summed E-state index contributed by atoms with van der Waals surface area (Å²) in [5.41, 5.74) is 1.03. The second kappa shape index (κ2) is 14.0. The van der Waals surface area contributed by atoms with Gasteiger partial charge in [-0.15, -0.1) is 5.10 Å². The number of amides is 3. The number of nitrogens with zero attached hydrogens (tertiary/aromatic N) is 5. The molecular formula is C25H38N8O4. The Morgan fingerprint density at radius 1 is 0.973 bits per heavy atom. The molecule has 0 spiro atoms. The molecule has 202 valence electrons. The predicted octanol–water partition coefficient (Wildman–Crippen LogP) is 0.481. The second-order valence-corrected chi connectivity index (χ2v) is 9.46. The normalized spacial score (nSPS) is 13.4. The minimum absolute atomic E-state index is 0.148. The van der Waals surface area contributed by atoms with E-state index >= 15 is 0 Å². The third-order valence-corrected chi connectivity index (χ3v) is 5.75. The highest BCUT2D eigenvalue weighted by Crippen LogP contribution is 2.07. The Morgan fingerprint density at radius 2 is 1.65 bits per heavy atom. The summed E-state index contributed by atoms with van der Waals surface area (Å²) in [6.07, 6.45) is 1.16. The molecule has 3 N–H and O–H groups in total. The topological polar surface area (TPSA) is 151 Å². The molecule has 3 amide bonds. The number of Topliss-reactive ketones (excluding diaryl/α,β-unsaturated/α-hetero) is 1. The van der Waals surface area contributed by atoms with Crippen LogP contribution in [0.15, 0.2) is 30.3 Å². The number of nitrogens with one attached hydrogen (secondary N) is 3. The number of carbonyl (C=O) groups excluding carboxylic acids is 4. The van der Waals surface area contributed by atoms with Crippen molar-refractivity contribution in [1.29, 1.82) is 0 Å². The Bertz CT molecular complexity index is 1050. The van der Waals surface area contributed by atoms with Gasteiger partial charge in [-0.3, -0.25) is 19.2 Å². The summed E-state index contributed by atoms with van der Waals surface area (Å²) in [5, 5.41) is 19.9. The van der Waals surface area contributed by atoms with Crippen LogP contribution >= 0.6 is 0 Å². The van der Waals surface area contributed by atoms with Crippen LogP contribution in [0.5, 0.6) is 0 Å². The van der Waals surface area contributed by atoms with Gasteiger partial charge >= 0.3 is 0 Å². The molecule has 12 nitrogen and oxygen atoms in total. The number of rotatable bonds is 14. The summed E-state index contributed by atoms with van der Waals surface area (Å²) >= 11 is 0. The quantitative estimate of drug-likeness (QED) is 0.329. The molecule has 0 saturated carbocycles. The second-order valence-electron chi connectivity index (χ2n) is 9.46. The molecule has 0 bridgehead atoms. The first-order valence-electron chi connectivity index (χ1n) is 12.4. The van der Waals surface area contributed by atoms with Crippen molar-refractivity contribution >= 4 is 29.5 Å². The fraction of sp³-hybridized carbons (Fsp3) is 0.560. The molecule has 37 heavy (non-hydrogen) atoms. The van der Waals surface area contributed by atoms with Crippen LogP contribution in [0.4, 0.5) is 5.95 Å². The van der Waals surface area contributed by atoms with Crippen molar-refractivity contribution in [3.8, 4) is 0 Å². The van der Waals surface area contributed by atoms with Gasteiger partial charge in [0, 0.05) is 20.5 Å². The van der Waals surface area contributed by atoms with Gasteiger partial charge in [-0.25, -0.2) is 0 Å². The van der Waals surface area contributed by atoms with E-state index in [1.165, 1.54) is 11.7 Å². The maximum absolute atomic E-state index is 12.9. The number of benzene rings is 1. The van der Waals surface area contributed by atoms with E-state index in [9.17, 15) is 19.2 Å². The Hall–Kier alpha value is -3.83. The third-order valence-electron chi connectivity index (χ3n) is 5.75. The lowest BCUT2D eigenvalue weighted by atomic mass is 10.0. The van der Waals surface area contributed by atoms with Crippen molar-refractivity contribution in [1.82, 2.24) is 36.2 Å². The monoisotopic (exact) mass is 514 g/mol. The van der Waals surface area contributed by atoms with Crippen LogP contribution in [-0.4, -0.2) is 75.9 Å². The van der Waals surface area contributed by atoms with E-state index in [1.54, 1.807) is 25.9 Å². The fourth-order valence-electron chi connectivity index (χ4n) is 3.49. The number of ketones is 1. The van der Waals surface area contributed by atoms with Crippen molar-refractivity contribution < 1.29 is 19.2 Å². The Labute approximate surface area is 217 Å². The maximum Gasteiger partial charge on any atom is 0.265 e. The van der Waals surface area contributed by atoms with E-state index in [4.69, 9.17) is 0 Å². The van der Waals surface area contributed by atoms with Gasteiger partial charge in [0.1, 0.15) is 18.6 Å². The molecule has 0 aliphatic carbocycles. The van der Waals surface area contributed by atoms with Crippen molar-refractivity contribution in [2.24, 2.45) is 5.92 Å². The van der Waals surface area contributed by atoms with Crippen molar-refractivity contribution in [3.63, 3.8) is 0 Å². The molecule has 1 aromatic heterocycles. The van der Waals surface area contributed by atoms with Crippen molar-refractivity contribution in [2.75, 3.05) is 19.0 Å². The Kier molecular flexibility index (Phi) is 11.2. The molecule has 1 unspecified atom stereocenters. The van der Waals surface area contributed by atoms with E-state index < -0.39 is 29.9 Å². The predicted molar refractivity (Wildman–Crippen MR) is 139 cm³/mol. The van der Waals surface area contributed by atoms with Crippen LogP contribution in [0, 0.1) is 5.92 Å².